The molecule has 1 fully saturated rings. The molecule has 0 bridgehead atoms. The molecule has 0 aromatic carbocycles. The Morgan fingerprint density at radius 2 is 2.33 bits per heavy atom. The molecular formula is C11H20N4O2S. The summed E-state index contributed by atoms with van der Waals surface area (Å²) in [6.45, 7) is 3.46. The highest BCUT2D eigenvalue weighted by molar-refractivity contribution is 7.89. The zero-order valence-electron chi connectivity index (χ0n) is 10.5. The van der Waals surface area contributed by atoms with Crippen LogP contribution in [0.1, 0.15) is 38.1 Å². The fourth-order valence-corrected chi connectivity index (χ4v) is 3.19. The largest absolute Gasteiger partial charge is 0.334 e. The van der Waals surface area contributed by atoms with Gasteiger partial charge in [0.15, 0.2) is 0 Å². The average molecular weight is 272 g/mol. The Labute approximate surface area is 108 Å². The smallest absolute Gasteiger partial charge is 0.213 e. The molecule has 1 aromatic heterocycles. The first-order chi connectivity index (χ1) is 8.52. The Kier molecular flexibility index (Phi) is 4.04. The number of sulfonamides is 1. The van der Waals surface area contributed by atoms with Gasteiger partial charge in [-0.2, -0.15) is 0 Å². The van der Waals surface area contributed by atoms with Gasteiger partial charge < -0.3 is 9.88 Å². The summed E-state index contributed by atoms with van der Waals surface area (Å²) in [6, 6.07) is 0.129. The van der Waals surface area contributed by atoms with Crippen molar-refractivity contribution >= 4 is 10.0 Å². The number of rotatable bonds is 4. The van der Waals surface area contributed by atoms with Gasteiger partial charge in [-0.3, -0.25) is 0 Å². The van der Waals surface area contributed by atoms with Gasteiger partial charge in [-0.1, -0.05) is 6.92 Å². The first kappa shape index (κ1) is 13.5. The van der Waals surface area contributed by atoms with Gasteiger partial charge in [0.25, 0.3) is 0 Å². The SMILES string of the molecule is CCCn1ccnc1C1CCC(S(N)(=O)=O)CN1. The van der Waals surface area contributed by atoms with Crippen LogP contribution >= 0.6 is 0 Å². The van der Waals surface area contributed by atoms with E-state index in [0.717, 1.165) is 25.2 Å². The quantitative estimate of drug-likeness (QED) is 0.829. The zero-order chi connectivity index (χ0) is 13.2. The number of nitrogens with one attached hydrogen (secondary N) is 1. The van der Waals surface area contributed by atoms with Crippen molar-refractivity contribution in [2.75, 3.05) is 6.54 Å². The van der Waals surface area contributed by atoms with Crippen LogP contribution in [0.4, 0.5) is 0 Å². The highest BCUT2D eigenvalue weighted by Crippen LogP contribution is 2.24. The summed E-state index contributed by atoms with van der Waals surface area (Å²) in [5.41, 5.74) is 0. The molecule has 0 radical (unpaired) electrons. The number of nitrogens with zero attached hydrogens (tertiary/aromatic N) is 2. The van der Waals surface area contributed by atoms with Crippen molar-refractivity contribution in [2.45, 2.75) is 44.0 Å². The summed E-state index contributed by atoms with van der Waals surface area (Å²) in [7, 11) is -3.43. The van der Waals surface area contributed by atoms with E-state index in [-0.39, 0.29) is 6.04 Å². The van der Waals surface area contributed by atoms with Crippen molar-refractivity contribution in [3.05, 3.63) is 18.2 Å². The van der Waals surface area contributed by atoms with Crippen LogP contribution in [0.15, 0.2) is 12.4 Å². The lowest BCUT2D eigenvalue weighted by Gasteiger charge is -2.28. The van der Waals surface area contributed by atoms with Crippen LogP contribution in [0.5, 0.6) is 0 Å². The zero-order valence-corrected chi connectivity index (χ0v) is 11.4. The molecule has 3 N–H and O–H groups in total. The van der Waals surface area contributed by atoms with Crippen molar-refractivity contribution < 1.29 is 8.42 Å². The summed E-state index contributed by atoms with van der Waals surface area (Å²) in [6.07, 6.45) is 6.15. The van der Waals surface area contributed by atoms with Gasteiger partial charge in [0.05, 0.1) is 11.3 Å². The number of piperidine rings is 1. The Hall–Kier alpha value is -0.920. The van der Waals surface area contributed by atoms with Gasteiger partial charge in [0.1, 0.15) is 5.82 Å². The molecule has 18 heavy (non-hydrogen) atoms. The van der Waals surface area contributed by atoms with E-state index in [1.807, 2.05) is 6.20 Å². The van der Waals surface area contributed by atoms with Crippen molar-refractivity contribution in [1.29, 1.82) is 0 Å². The van der Waals surface area contributed by atoms with E-state index in [1.54, 1.807) is 6.20 Å². The van der Waals surface area contributed by atoms with Crippen molar-refractivity contribution in [2.24, 2.45) is 5.14 Å². The van der Waals surface area contributed by atoms with Crippen molar-refractivity contribution in [3.8, 4) is 0 Å². The Morgan fingerprint density at radius 3 is 2.89 bits per heavy atom. The second-order valence-electron chi connectivity index (χ2n) is 4.73. The third kappa shape index (κ3) is 2.90. The molecule has 2 unspecified atom stereocenters. The summed E-state index contributed by atoms with van der Waals surface area (Å²) in [5, 5.41) is 7.93. The number of imidazole rings is 1. The number of hydrogen-bond donors (Lipinski definition) is 2. The van der Waals surface area contributed by atoms with Crippen LogP contribution in [0.2, 0.25) is 0 Å². The summed E-state index contributed by atoms with van der Waals surface area (Å²) in [5.74, 6) is 0.990. The summed E-state index contributed by atoms with van der Waals surface area (Å²) < 4.78 is 24.7. The minimum absolute atomic E-state index is 0.129. The highest BCUT2D eigenvalue weighted by Gasteiger charge is 2.30. The van der Waals surface area contributed by atoms with Crippen molar-refractivity contribution in [1.82, 2.24) is 14.9 Å². The fourth-order valence-electron chi connectivity index (χ4n) is 2.39. The van der Waals surface area contributed by atoms with E-state index >= 15 is 0 Å². The molecular weight excluding hydrogens is 252 g/mol. The lowest BCUT2D eigenvalue weighted by molar-refractivity contribution is 0.382. The molecule has 1 aromatic rings. The predicted octanol–water partition coefficient (Wildman–Crippen LogP) is 0.375. The Bertz CT molecular complexity index is 489. The van der Waals surface area contributed by atoms with E-state index in [0.29, 0.717) is 13.0 Å². The van der Waals surface area contributed by atoms with Crippen LogP contribution < -0.4 is 10.5 Å². The molecule has 0 amide bonds. The molecule has 0 aliphatic carbocycles. The van der Waals surface area contributed by atoms with E-state index in [9.17, 15) is 8.42 Å². The van der Waals surface area contributed by atoms with Crippen LogP contribution in [0.25, 0.3) is 0 Å². The molecule has 2 rings (SSSR count). The fraction of sp³-hybridized carbons (Fsp3) is 0.727. The highest BCUT2D eigenvalue weighted by atomic mass is 32.2. The molecule has 102 valence electrons. The van der Waals surface area contributed by atoms with Crippen LogP contribution in [0.3, 0.4) is 0 Å². The number of hydrogen-bond acceptors (Lipinski definition) is 4. The van der Waals surface area contributed by atoms with Gasteiger partial charge in [-0.25, -0.2) is 18.5 Å². The van der Waals surface area contributed by atoms with E-state index in [2.05, 4.69) is 21.8 Å². The molecule has 2 atom stereocenters. The second-order valence-corrected chi connectivity index (χ2v) is 6.57. The molecule has 1 saturated heterocycles. The number of aromatic nitrogens is 2. The van der Waals surface area contributed by atoms with Crippen LogP contribution in [0, 0.1) is 0 Å². The molecule has 1 aliphatic rings. The van der Waals surface area contributed by atoms with Gasteiger partial charge >= 0.3 is 0 Å². The molecule has 1 aliphatic heterocycles. The molecule has 0 saturated carbocycles. The first-order valence-electron chi connectivity index (χ1n) is 6.28. The maximum Gasteiger partial charge on any atom is 0.213 e. The van der Waals surface area contributed by atoms with Gasteiger partial charge in [0, 0.05) is 25.5 Å². The lowest BCUT2D eigenvalue weighted by Crippen LogP contribution is -2.44. The van der Waals surface area contributed by atoms with Crippen LogP contribution in [-0.2, 0) is 16.6 Å². The van der Waals surface area contributed by atoms with Gasteiger partial charge in [-0.15, -0.1) is 0 Å². The lowest BCUT2D eigenvalue weighted by atomic mass is 10.0. The van der Waals surface area contributed by atoms with Crippen LogP contribution in [-0.4, -0.2) is 29.8 Å². The summed E-state index contributed by atoms with van der Waals surface area (Å²) >= 11 is 0. The van der Waals surface area contributed by atoms with E-state index in [4.69, 9.17) is 5.14 Å². The first-order valence-corrected chi connectivity index (χ1v) is 7.89. The number of primary sulfonamides is 1. The number of aryl methyl sites for hydroxylation is 1. The maximum atomic E-state index is 11.3. The molecule has 0 spiro atoms. The monoisotopic (exact) mass is 272 g/mol. The van der Waals surface area contributed by atoms with Crippen molar-refractivity contribution in [3.63, 3.8) is 0 Å². The van der Waals surface area contributed by atoms with Gasteiger partial charge in [0.2, 0.25) is 10.0 Å². The van der Waals surface area contributed by atoms with E-state index in [1.165, 1.54) is 0 Å². The number of nitrogens with two attached hydrogens (primary N) is 1. The van der Waals surface area contributed by atoms with Gasteiger partial charge in [-0.05, 0) is 19.3 Å². The summed E-state index contributed by atoms with van der Waals surface area (Å²) in [4.78, 5) is 4.37. The Morgan fingerprint density at radius 1 is 1.56 bits per heavy atom. The molecule has 7 heteroatoms. The third-order valence-corrected chi connectivity index (χ3v) is 4.69. The Balaban J connectivity index is 2.03. The topological polar surface area (TPSA) is 90.0 Å². The predicted molar refractivity (Wildman–Crippen MR) is 69.4 cm³/mol. The molecule has 6 nitrogen and oxygen atoms in total. The standard InChI is InChI=1S/C11H20N4O2S/c1-2-6-15-7-5-13-11(15)10-4-3-9(8-14-10)18(12,16)17/h5,7,9-10,14H,2-4,6,8H2,1H3,(H2,12,16,17). The van der Waals surface area contributed by atoms with E-state index < -0.39 is 15.3 Å². The second kappa shape index (κ2) is 5.38. The normalized spacial score (nSPS) is 25.2. The minimum atomic E-state index is -3.43. The molecule has 2 heterocycles. The maximum absolute atomic E-state index is 11.3. The minimum Gasteiger partial charge on any atom is -0.334 e. The third-order valence-electron chi connectivity index (χ3n) is 3.36. The average Bonchev–Trinajstić information content (AvgIpc) is 2.77.